The second-order valence-electron chi connectivity index (χ2n) is 5.53. The number of benzene rings is 1. The van der Waals surface area contributed by atoms with Crippen molar-refractivity contribution in [3.63, 3.8) is 0 Å². The molecule has 4 rings (SSSR count). The fourth-order valence-electron chi connectivity index (χ4n) is 2.60. The van der Waals surface area contributed by atoms with Crippen molar-refractivity contribution in [3.05, 3.63) is 70.5 Å². The highest BCUT2D eigenvalue weighted by atomic mass is 16.5. The summed E-state index contributed by atoms with van der Waals surface area (Å²) in [6.07, 6.45) is 2.89. The molecular formula is C17H14N6O3. The van der Waals surface area contributed by atoms with E-state index in [0.29, 0.717) is 28.1 Å². The van der Waals surface area contributed by atoms with E-state index >= 15 is 0 Å². The summed E-state index contributed by atoms with van der Waals surface area (Å²) < 4.78 is 7.62. The van der Waals surface area contributed by atoms with Gasteiger partial charge in [0.25, 0.3) is 17.2 Å². The minimum absolute atomic E-state index is 0.245. The number of methoxy groups -OCH3 is 1. The zero-order valence-electron chi connectivity index (χ0n) is 13.8. The van der Waals surface area contributed by atoms with Crippen LogP contribution in [0.4, 0.5) is 0 Å². The molecule has 130 valence electrons. The Bertz CT molecular complexity index is 1170. The highest BCUT2D eigenvalue weighted by molar-refractivity contribution is 6.00. The van der Waals surface area contributed by atoms with Crippen molar-refractivity contribution in [2.75, 3.05) is 12.5 Å². The van der Waals surface area contributed by atoms with Gasteiger partial charge in [-0.3, -0.25) is 15.0 Å². The number of hydrogen-bond acceptors (Lipinski definition) is 6. The lowest BCUT2D eigenvalue weighted by Crippen LogP contribution is -2.32. The van der Waals surface area contributed by atoms with Gasteiger partial charge in [0.05, 0.1) is 10.9 Å². The number of ether oxygens (including phenoxy) is 1. The first-order chi connectivity index (χ1) is 12.7. The maximum Gasteiger partial charge on any atom is 0.280 e. The van der Waals surface area contributed by atoms with Gasteiger partial charge in [-0.05, 0) is 18.2 Å². The fraction of sp³-hybridized carbons (Fsp3) is 0.118. The molecule has 0 bridgehead atoms. The van der Waals surface area contributed by atoms with Crippen molar-refractivity contribution in [2.24, 2.45) is 0 Å². The first-order valence-corrected chi connectivity index (χ1v) is 7.79. The number of fused-ring (bicyclic) bond motifs is 3. The Morgan fingerprint density at radius 1 is 1.23 bits per heavy atom. The van der Waals surface area contributed by atoms with E-state index < -0.39 is 5.56 Å². The Morgan fingerprint density at radius 2 is 2.04 bits per heavy atom. The molecule has 3 aromatic heterocycles. The number of carbonyl (C=O) groups is 1. The SMILES string of the molecule is COCc1nc2ncc3c(=O)n(NC(=O)c4ccccc4)ccc3n2n1. The van der Waals surface area contributed by atoms with Crippen LogP contribution in [0, 0.1) is 0 Å². The van der Waals surface area contributed by atoms with E-state index in [1.807, 2.05) is 6.07 Å². The smallest absolute Gasteiger partial charge is 0.280 e. The maximum atomic E-state index is 12.7. The van der Waals surface area contributed by atoms with Gasteiger partial charge in [0.2, 0.25) is 0 Å². The molecule has 1 aromatic carbocycles. The monoisotopic (exact) mass is 350 g/mol. The molecule has 3 heterocycles. The molecule has 0 unspecified atom stereocenters. The van der Waals surface area contributed by atoms with Crippen molar-refractivity contribution in [1.29, 1.82) is 0 Å². The predicted molar refractivity (Wildman–Crippen MR) is 93.4 cm³/mol. The van der Waals surface area contributed by atoms with Crippen molar-refractivity contribution in [3.8, 4) is 0 Å². The highest BCUT2D eigenvalue weighted by Gasteiger charge is 2.13. The highest BCUT2D eigenvalue weighted by Crippen LogP contribution is 2.10. The predicted octanol–water partition coefficient (Wildman–Crippen LogP) is 0.969. The second kappa shape index (κ2) is 6.37. The number of rotatable bonds is 4. The first kappa shape index (κ1) is 15.9. The summed E-state index contributed by atoms with van der Waals surface area (Å²) in [5, 5.41) is 4.60. The van der Waals surface area contributed by atoms with E-state index in [1.54, 1.807) is 37.4 Å². The summed E-state index contributed by atoms with van der Waals surface area (Å²) in [6.45, 7) is 0.245. The molecule has 0 spiro atoms. The molecule has 0 atom stereocenters. The van der Waals surface area contributed by atoms with E-state index in [2.05, 4.69) is 20.5 Å². The van der Waals surface area contributed by atoms with Gasteiger partial charge < -0.3 is 4.74 Å². The summed E-state index contributed by atoms with van der Waals surface area (Å²) in [7, 11) is 1.55. The third-order valence-electron chi connectivity index (χ3n) is 3.81. The molecule has 0 aliphatic heterocycles. The number of pyridine rings is 1. The molecule has 26 heavy (non-hydrogen) atoms. The standard InChI is InChI=1S/C17H14N6O3/c1-26-10-14-19-17-18-9-12-13(23(17)20-14)7-8-22(16(12)25)21-15(24)11-5-3-2-4-6-11/h2-9H,10H2,1H3,(H,21,24). The van der Waals surface area contributed by atoms with Crippen molar-refractivity contribution in [2.45, 2.75) is 6.61 Å². The molecule has 9 heteroatoms. The summed E-state index contributed by atoms with van der Waals surface area (Å²) in [4.78, 5) is 33.3. The Labute approximate surface area is 146 Å². The molecular weight excluding hydrogens is 336 g/mol. The number of nitrogens with one attached hydrogen (secondary N) is 1. The summed E-state index contributed by atoms with van der Waals surface area (Å²) in [5.74, 6) is 0.452. The third kappa shape index (κ3) is 2.70. The zero-order chi connectivity index (χ0) is 18.1. The van der Waals surface area contributed by atoms with E-state index in [0.717, 1.165) is 4.68 Å². The lowest BCUT2D eigenvalue weighted by atomic mass is 10.2. The quantitative estimate of drug-likeness (QED) is 0.588. The number of aromatic nitrogens is 5. The molecule has 1 N–H and O–H groups in total. The largest absolute Gasteiger partial charge is 0.377 e. The molecule has 0 radical (unpaired) electrons. The molecule has 9 nitrogen and oxygen atoms in total. The van der Waals surface area contributed by atoms with Crippen LogP contribution in [-0.4, -0.2) is 37.3 Å². The molecule has 4 aromatic rings. The van der Waals surface area contributed by atoms with Crippen LogP contribution in [0.15, 0.2) is 53.6 Å². The summed E-state index contributed by atoms with van der Waals surface area (Å²) >= 11 is 0. The summed E-state index contributed by atoms with van der Waals surface area (Å²) in [5.41, 5.74) is 3.15. The van der Waals surface area contributed by atoms with Crippen LogP contribution >= 0.6 is 0 Å². The van der Waals surface area contributed by atoms with Crippen LogP contribution < -0.4 is 11.0 Å². The number of nitrogens with zero attached hydrogens (tertiary/aromatic N) is 5. The van der Waals surface area contributed by atoms with Crippen LogP contribution in [0.5, 0.6) is 0 Å². The topological polar surface area (TPSA) is 103 Å². The van der Waals surface area contributed by atoms with Crippen LogP contribution in [0.25, 0.3) is 16.7 Å². The minimum Gasteiger partial charge on any atom is -0.377 e. The van der Waals surface area contributed by atoms with Gasteiger partial charge in [0.15, 0.2) is 5.82 Å². The Balaban J connectivity index is 1.76. The average molecular weight is 350 g/mol. The van der Waals surface area contributed by atoms with E-state index in [9.17, 15) is 9.59 Å². The van der Waals surface area contributed by atoms with Crippen molar-refractivity contribution < 1.29 is 9.53 Å². The third-order valence-corrected chi connectivity index (χ3v) is 3.81. The molecule has 1 amide bonds. The van der Waals surface area contributed by atoms with E-state index in [-0.39, 0.29) is 12.5 Å². The van der Waals surface area contributed by atoms with Crippen LogP contribution in [0.3, 0.4) is 0 Å². The number of hydrogen-bond donors (Lipinski definition) is 1. The van der Waals surface area contributed by atoms with Crippen molar-refractivity contribution >= 4 is 22.6 Å². The normalized spacial score (nSPS) is 11.1. The summed E-state index contributed by atoms with van der Waals surface area (Å²) in [6, 6.07) is 10.3. The lowest BCUT2D eigenvalue weighted by Gasteiger charge is -2.09. The van der Waals surface area contributed by atoms with Crippen LogP contribution in [-0.2, 0) is 11.3 Å². The van der Waals surface area contributed by atoms with Gasteiger partial charge >= 0.3 is 0 Å². The molecule has 0 saturated heterocycles. The van der Waals surface area contributed by atoms with E-state index in [1.165, 1.54) is 16.9 Å². The molecule has 0 aliphatic carbocycles. The first-order valence-electron chi connectivity index (χ1n) is 7.79. The van der Waals surface area contributed by atoms with Gasteiger partial charge in [0.1, 0.15) is 6.61 Å². The van der Waals surface area contributed by atoms with Crippen molar-refractivity contribution in [1.82, 2.24) is 24.3 Å². The Kier molecular flexibility index (Phi) is 3.90. The van der Waals surface area contributed by atoms with Gasteiger partial charge in [-0.1, -0.05) is 18.2 Å². The zero-order valence-corrected chi connectivity index (χ0v) is 13.8. The Hall–Kier alpha value is -3.59. The average Bonchev–Trinajstić information content (AvgIpc) is 3.08. The number of carbonyl (C=O) groups excluding carboxylic acids is 1. The number of amides is 1. The second-order valence-corrected chi connectivity index (χ2v) is 5.53. The minimum atomic E-state index is -0.412. The van der Waals surface area contributed by atoms with Gasteiger partial charge in [-0.15, -0.1) is 5.10 Å². The molecule has 0 saturated carbocycles. The van der Waals surface area contributed by atoms with Gasteiger partial charge in [-0.25, -0.2) is 9.66 Å². The maximum absolute atomic E-state index is 12.7. The van der Waals surface area contributed by atoms with Crippen LogP contribution in [0.1, 0.15) is 16.2 Å². The Morgan fingerprint density at radius 3 is 2.81 bits per heavy atom. The van der Waals surface area contributed by atoms with Gasteiger partial charge in [0, 0.05) is 25.1 Å². The fourth-order valence-corrected chi connectivity index (χ4v) is 2.60. The molecule has 0 fully saturated rings. The molecule has 0 aliphatic rings. The van der Waals surface area contributed by atoms with Crippen LogP contribution in [0.2, 0.25) is 0 Å². The lowest BCUT2D eigenvalue weighted by molar-refractivity contribution is 0.101. The van der Waals surface area contributed by atoms with Gasteiger partial charge in [-0.2, -0.15) is 9.50 Å². The van der Waals surface area contributed by atoms with E-state index in [4.69, 9.17) is 4.74 Å².